The van der Waals surface area contributed by atoms with Crippen LogP contribution in [0.25, 0.3) is 21.5 Å². The maximum Gasteiger partial charge on any atom is 0.416 e. The van der Waals surface area contributed by atoms with Crippen LogP contribution in [-0.4, -0.2) is 34.3 Å². The van der Waals surface area contributed by atoms with E-state index in [2.05, 4.69) is 41.7 Å². The van der Waals surface area contributed by atoms with Crippen molar-refractivity contribution in [1.82, 2.24) is 5.32 Å². The average molecular weight is 931 g/mol. The minimum Gasteiger partial charge on any atom is -0.506 e. The Hall–Kier alpha value is -9.45. The Morgan fingerprint density at radius 2 is 1.20 bits per heavy atom. The number of aromatic hydroxyl groups is 2. The van der Waals surface area contributed by atoms with Crippen LogP contribution in [0.5, 0.6) is 11.5 Å². The molecular weight excluding hydrogens is 894 g/mol. The van der Waals surface area contributed by atoms with Crippen molar-refractivity contribution in [2.24, 2.45) is 25.6 Å². The molecule has 3 amide bonds. The van der Waals surface area contributed by atoms with Gasteiger partial charge in [0.1, 0.15) is 29.5 Å². The van der Waals surface area contributed by atoms with Crippen molar-refractivity contribution in [2.75, 3.05) is 10.8 Å². The molecule has 0 saturated carbocycles. The third-order valence-electron chi connectivity index (χ3n) is 10.3. The Labute approximate surface area is 390 Å². The van der Waals surface area contributed by atoms with Crippen LogP contribution in [0.4, 0.5) is 52.1 Å². The highest BCUT2D eigenvalue weighted by Gasteiger charge is 2.30. The minimum absolute atomic E-state index is 0.0515. The van der Waals surface area contributed by atoms with E-state index in [0.717, 1.165) is 46.8 Å². The largest absolute Gasteiger partial charge is 0.506 e. The topological polar surface area (TPSA) is 208 Å². The van der Waals surface area contributed by atoms with Crippen LogP contribution in [0.15, 0.2) is 183 Å². The number of phenols is 2. The maximum atomic E-state index is 13.4. The number of alkyl halides is 3. The Morgan fingerprint density at radius 1 is 0.623 bits per heavy atom. The number of carbonyl (C=O) groups is 3. The first kappa shape index (κ1) is 46.1. The summed E-state index contributed by atoms with van der Waals surface area (Å²) in [5.41, 5.74) is 6.28. The molecule has 0 heterocycles. The lowest BCUT2D eigenvalue weighted by Gasteiger charge is -2.11. The van der Waals surface area contributed by atoms with E-state index >= 15 is 0 Å². The summed E-state index contributed by atoms with van der Waals surface area (Å²) in [4.78, 5) is 49.2. The highest BCUT2D eigenvalue weighted by atomic mass is 19.4. The van der Waals surface area contributed by atoms with Gasteiger partial charge in [-0.05, 0) is 138 Å². The number of halogens is 3. The molecule has 0 atom stereocenters. The summed E-state index contributed by atoms with van der Waals surface area (Å²) in [6.07, 6.45) is -3.46. The van der Waals surface area contributed by atoms with E-state index in [1.54, 1.807) is 60.7 Å². The number of carbonyl (C=O) groups excluding carboxylic acids is 3. The van der Waals surface area contributed by atoms with Crippen LogP contribution < -0.4 is 16.1 Å². The molecule has 0 fully saturated rings. The molecule has 69 heavy (non-hydrogen) atoms. The zero-order valence-electron chi connectivity index (χ0n) is 36.1. The fraction of sp³-hybridized carbons (Fsp3) is 0.0588. The van der Waals surface area contributed by atoms with Gasteiger partial charge in [0, 0.05) is 33.2 Å². The minimum atomic E-state index is -4.62. The van der Waals surface area contributed by atoms with Crippen LogP contribution in [0.3, 0.4) is 0 Å². The molecule has 8 aromatic rings. The number of rotatable bonds is 14. The summed E-state index contributed by atoms with van der Waals surface area (Å²) in [6, 6.07) is 39.4. The van der Waals surface area contributed by atoms with Crippen molar-refractivity contribution < 1.29 is 47.4 Å². The number of imide groups is 1. The lowest BCUT2D eigenvalue weighted by molar-refractivity contribution is -0.137. The number of nitrogens with zero attached hydrogens (tertiary/aromatic N) is 5. The number of aryl methyl sites for hydroxylation is 1. The number of benzene rings is 8. The quantitative estimate of drug-likeness (QED) is 0.0232. The van der Waals surface area contributed by atoms with Gasteiger partial charge in [0.2, 0.25) is 6.40 Å². The van der Waals surface area contributed by atoms with Gasteiger partial charge in [0.15, 0.2) is 5.78 Å². The van der Waals surface area contributed by atoms with Crippen LogP contribution in [0, 0.1) is 6.92 Å². The first-order valence-electron chi connectivity index (χ1n) is 20.8. The number of urea groups is 1. The van der Waals surface area contributed by atoms with E-state index in [9.17, 15) is 37.8 Å². The molecule has 0 spiro atoms. The van der Waals surface area contributed by atoms with E-state index in [1.807, 2.05) is 43.3 Å². The SMILES string of the molecule is Cc1cccc(NO/C=N\OCc2ccc3c(N=Nc4ccc(C(=O)c5ccc(N=Nc6c(O)ccc7cc(C(=O)NC(=O)Nc8cccc(C(F)(F)F)c8)ccc67)cc5)cc4)c(O)ccc3c2)c1. The van der Waals surface area contributed by atoms with Gasteiger partial charge >= 0.3 is 12.2 Å². The fourth-order valence-corrected chi connectivity index (χ4v) is 6.91. The predicted molar refractivity (Wildman–Crippen MR) is 253 cm³/mol. The third-order valence-corrected chi connectivity index (χ3v) is 10.3. The second-order valence-electron chi connectivity index (χ2n) is 15.2. The smallest absolute Gasteiger partial charge is 0.416 e. The molecule has 344 valence electrons. The van der Waals surface area contributed by atoms with Crippen LogP contribution in [0.2, 0.25) is 0 Å². The van der Waals surface area contributed by atoms with Gasteiger partial charge in [-0.1, -0.05) is 53.7 Å². The monoisotopic (exact) mass is 930 g/mol. The Balaban J connectivity index is 0.862. The van der Waals surface area contributed by atoms with E-state index in [1.165, 1.54) is 42.5 Å². The first-order chi connectivity index (χ1) is 33.3. The average Bonchev–Trinajstić information content (AvgIpc) is 3.34. The summed E-state index contributed by atoms with van der Waals surface area (Å²) < 4.78 is 39.2. The summed E-state index contributed by atoms with van der Waals surface area (Å²) in [6.45, 7) is 2.14. The first-order valence-corrected chi connectivity index (χ1v) is 20.8. The lowest BCUT2D eigenvalue weighted by atomic mass is 10.0. The molecule has 0 saturated heterocycles. The van der Waals surface area contributed by atoms with E-state index in [0.29, 0.717) is 38.7 Å². The summed E-state index contributed by atoms with van der Waals surface area (Å²) in [5.74, 6) is -1.37. The Kier molecular flexibility index (Phi) is 13.6. The molecule has 5 N–H and O–H groups in total. The molecule has 0 aromatic heterocycles. The van der Waals surface area contributed by atoms with Crippen molar-refractivity contribution in [2.45, 2.75) is 19.7 Å². The zero-order chi connectivity index (χ0) is 48.5. The Morgan fingerprint density at radius 3 is 1.83 bits per heavy atom. The fourth-order valence-electron chi connectivity index (χ4n) is 6.91. The number of azo groups is 2. The molecule has 8 aromatic carbocycles. The lowest BCUT2D eigenvalue weighted by Crippen LogP contribution is -2.34. The number of hydrogen-bond acceptors (Lipinski definition) is 13. The van der Waals surface area contributed by atoms with Gasteiger partial charge in [-0.2, -0.15) is 23.4 Å². The van der Waals surface area contributed by atoms with Gasteiger partial charge in [0.05, 0.1) is 22.6 Å². The van der Waals surface area contributed by atoms with Crippen molar-refractivity contribution >= 4 is 79.8 Å². The number of phenolic OH excluding ortho intramolecular Hbond substituents is 2. The van der Waals surface area contributed by atoms with Crippen LogP contribution in [0.1, 0.15) is 43.0 Å². The molecule has 0 unspecified atom stereocenters. The second-order valence-corrected chi connectivity index (χ2v) is 15.2. The number of fused-ring (bicyclic) bond motifs is 2. The number of anilines is 2. The zero-order valence-corrected chi connectivity index (χ0v) is 36.1. The number of ketones is 1. The van der Waals surface area contributed by atoms with Crippen molar-refractivity contribution in [3.63, 3.8) is 0 Å². The molecule has 0 aliphatic rings. The molecule has 0 bridgehead atoms. The van der Waals surface area contributed by atoms with E-state index < -0.39 is 23.7 Å². The molecule has 0 aliphatic heterocycles. The molecular formula is C51H37F3N8O7. The summed E-state index contributed by atoms with van der Waals surface area (Å²) in [5, 5.41) is 48.8. The van der Waals surface area contributed by atoms with Crippen molar-refractivity contribution in [3.8, 4) is 11.5 Å². The van der Waals surface area contributed by atoms with Gasteiger partial charge in [-0.15, -0.1) is 10.2 Å². The molecule has 0 radical (unpaired) electrons. The summed E-state index contributed by atoms with van der Waals surface area (Å²) in [7, 11) is 0. The van der Waals surface area contributed by atoms with Crippen LogP contribution in [-0.2, 0) is 22.5 Å². The highest BCUT2D eigenvalue weighted by molar-refractivity contribution is 6.10. The number of hydrogen-bond donors (Lipinski definition) is 5. The van der Waals surface area contributed by atoms with Gasteiger partial charge < -0.3 is 25.2 Å². The third kappa shape index (κ3) is 11.5. The molecule has 8 rings (SSSR count). The van der Waals surface area contributed by atoms with E-state index in [-0.39, 0.29) is 46.5 Å². The van der Waals surface area contributed by atoms with E-state index in [4.69, 9.17) is 9.68 Å². The number of oxime groups is 1. The molecule has 0 aliphatic carbocycles. The van der Waals surface area contributed by atoms with Crippen molar-refractivity contribution in [1.29, 1.82) is 0 Å². The van der Waals surface area contributed by atoms with Crippen LogP contribution >= 0.6 is 0 Å². The highest BCUT2D eigenvalue weighted by Crippen LogP contribution is 2.38. The van der Waals surface area contributed by atoms with Crippen molar-refractivity contribution in [3.05, 3.63) is 191 Å². The second kappa shape index (κ2) is 20.4. The molecule has 18 heteroatoms. The number of nitrogens with one attached hydrogen (secondary N) is 3. The Bertz CT molecular complexity index is 3330. The standard InChI is InChI=1S/C51H37F3N8O7/c1-30-4-2-7-41(24-30)62-69-29-55-68-28-31-8-20-42-34(25-31)14-22-44(63)46(42)60-58-38-16-9-32(10-17-38)48(65)33-11-18-39(19-12-33)59-61-47-43-21-13-36(26-35(43)15-23-45(47)64)49(66)57-50(67)56-40-6-3-5-37(27-40)51(52,53)54/h2-27,29,62-64H,28H2,1H3,(H2,56,57,66,67)/b55-29-,60-58?,61-59?. The number of amides is 3. The maximum absolute atomic E-state index is 13.4. The van der Waals surface area contributed by atoms with Gasteiger partial charge in [-0.3, -0.25) is 14.9 Å². The predicted octanol–water partition coefficient (Wildman–Crippen LogP) is 13.3. The van der Waals surface area contributed by atoms with Gasteiger partial charge in [0.25, 0.3) is 5.91 Å². The molecule has 15 nitrogen and oxygen atoms in total. The summed E-state index contributed by atoms with van der Waals surface area (Å²) >= 11 is 0. The van der Waals surface area contributed by atoms with Gasteiger partial charge in [-0.25, -0.2) is 10.3 Å². The normalized spacial score (nSPS) is 11.7.